The fourth-order valence-corrected chi connectivity index (χ4v) is 2.86. The Labute approximate surface area is 146 Å². The minimum absolute atomic E-state index is 0.00681. The molecule has 25 heavy (non-hydrogen) atoms. The Morgan fingerprint density at radius 3 is 2.56 bits per heavy atom. The van der Waals surface area contributed by atoms with Crippen molar-refractivity contribution in [1.82, 2.24) is 4.90 Å². The van der Waals surface area contributed by atoms with E-state index in [1.807, 2.05) is 17.0 Å². The lowest BCUT2D eigenvalue weighted by Crippen LogP contribution is -2.35. The number of nitrogens with zero attached hydrogens (tertiary/aromatic N) is 1. The highest BCUT2D eigenvalue weighted by atomic mass is 19.1. The number of ether oxygens (including phenoxy) is 1. The van der Waals surface area contributed by atoms with Gasteiger partial charge < -0.3 is 15.4 Å². The Balaban J connectivity index is 1.63. The van der Waals surface area contributed by atoms with Gasteiger partial charge in [-0.25, -0.2) is 4.39 Å². The third-order valence-corrected chi connectivity index (χ3v) is 4.36. The Hall–Kier alpha value is -2.66. The molecule has 1 aliphatic rings. The van der Waals surface area contributed by atoms with E-state index in [1.165, 1.54) is 11.1 Å². The molecule has 0 saturated heterocycles. The summed E-state index contributed by atoms with van der Waals surface area (Å²) >= 11 is 0. The highest BCUT2D eigenvalue weighted by Crippen LogP contribution is 2.21. The van der Waals surface area contributed by atoms with Crippen molar-refractivity contribution in [3.63, 3.8) is 0 Å². The molecule has 5 heteroatoms. The third-order valence-electron chi connectivity index (χ3n) is 4.36. The Bertz CT molecular complexity index is 772. The van der Waals surface area contributed by atoms with Crippen LogP contribution in [0.2, 0.25) is 0 Å². The first-order valence-electron chi connectivity index (χ1n) is 8.28. The lowest BCUT2D eigenvalue weighted by atomic mass is 9.99. The predicted molar refractivity (Wildman–Crippen MR) is 95.1 cm³/mol. The van der Waals surface area contributed by atoms with Crippen molar-refractivity contribution >= 4 is 5.91 Å². The molecule has 130 valence electrons. The predicted octanol–water partition coefficient (Wildman–Crippen LogP) is 3.08. The van der Waals surface area contributed by atoms with E-state index in [-0.39, 0.29) is 19.1 Å². The largest absolute Gasteiger partial charge is 0.489 e. The highest BCUT2D eigenvalue weighted by molar-refractivity contribution is 5.94. The zero-order chi connectivity index (χ0) is 17.6. The van der Waals surface area contributed by atoms with Crippen molar-refractivity contribution in [2.45, 2.75) is 13.0 Å². The monoisotopic (exact) mass is 340 g/mol. The molecule has 2 N–H and O–H groups in total. The average Bonchev–Trinajstić information content (AvgIpc) is 2.68. The van der Waals surface area contributed by atoms with Gasteiger partial charge in [-0.2, -0.15) is 0 Å². The summed E-state index contributed by atoms with van der Waals surface area (Å²) in [6.07, 6.45) is 1.34. The van der Waals surface area contributed by atoms with Gasteiger partial charge in [0.1, 0.15) is 12.4 Å². The summed E-state index contributed by atoms with van der Waals surface area (Å²) in [7, 11) is 0. The summed E-state index contributed by atoms with van der Waals surface area (Å²) in [6, 6.07) is 15.1. The van der Waals surface area contributed by atoms with Crippen molar-refractivity contribution in [3.05, 3.63) is 77.1 Å². The first-order chi connectivity index (χ1) is 12.2. The number of amides is 1. The zero-order valence-electron chi connectivity index (χ0n) is 14.0. The summed E-state index contributed by atoms with van der Waals surface area (Å²) in [5.74, 6) is 0.584. The molecule has 0 radical (unpaired) electrons. The Morgan fingerprint density at radius 1 is 1.16 bits per heavy atom. The Morgan fingerprint density at radius 2 is 1.88 bits per heavy atom. The smallest absolute Gasteiger partial charge is 0.254 e. The van der Waals surface area contributed by atoms with Gasteiger partial charge in [-0.05, 0) is 41.8 Å². The van der Waals surface area contributed by atoms with E-state index in [9.17, 15) is 9.18 Å². The molecule has 0 spiro atoms. The van der Waals surface area contributed by atoms with Crippen LogP contribution >= 0.6 is 0 Å². The van der Waals surface area contributed by atoms with Crippen molar-refractivity contribution in [2.75, 3.05) is 19.7 Å². The van der Waals surface area contributed by atoms with E-state index < -0.39 is 0 Å². The minimum atomic E-state index is 0.00681. The maximum absolute atomic E-state index is 12.7. The standard InChI is InChI=1S/C20H21FN2O2/c21-11-15(12-22)14-25-19-7-5-17(6-8-19)20(24)23-10-9-16-3-1-2-4-18(16)13-23/h1-8,11H,9-10,12-14,22H2/b15-11-. The number of hydrogen-bond acceptors (Lipinski definition) is 3. The molecule has 1 amide bonds. The van der Waals surface area contributed by atoms with Gasteiger partial charge in [0.2, 0.25) is 0 Å². The molecular formula is C20H21FN2O2. The molecule has 0 aliphatic carbocycles. The number of carbonyl (C=O) groups is 1. The van der Waals surface area contributed by atoms with Crippen LogP contribution in [0.1, 0.15) is 21.5 Å². The number of hydrogen-bond donors (Lipinski definition) is 1. The van der Waals surface area contributed by atoms with Crippen LogP contribution in [0.3, 0.4) is 0 Å². The molecule has 0 fully saturated rings. The minimum Gasteiger partial charge on any atom is -0.489 e. The molecule has 0 saturated carbocycles. The van der Waals surface area contributed by atoms with Gasteiger partial charge in [0.15, 0.2) is 0 Å². The van der Waals surface area contributed by atoms with E-state index in [4.69, 9.17) is 10.5 Å². The highest BCUT2D eigenvalue weighted by Gasteiger charge is 2.21. The first kappa shape index (κ1) is 17.2. The van der Waals surface area contributed by atoms with E-state index in [2.05, 4.69) is 12.1 Å². The molecule has 1 heterocycles. The number of fused-ring (bicyclic) bond motifs is 1. The molecule has 2 aromatic carbocycles. The zero-order valence-corrected chi connectivity index (χ0v) is 14.0. The van der Waals surface area contributed by atoms with E-state index in [0.29, 0.717) is 29.8 Å². The summed E-state index contributed by atoms with van der Waals surface area (Å²) < 4.78 is 17.9. The van der Waals surface area contributed by atoms with Crippen LogP contribution in [0.15, 0.2) is 60.4 Å². The third kappa shape index (κ3) is 4.06. The lowest BCUT2D eigenvalue weighted by Gasteiger charge is -2.29. The van der Waals surface area contributed by atoms with Gasteiger partial charge in [-0.3, -0.25) is 4.79 Å². The van der Waals surface area contributed by atoms with E-state index >= 15 is 0 Å². The number of benzene rings is 2. The first-order valence-corrected chi connectivity index (χ1v) is 8.28. The second-order valence-corrected chi connectivity index (χ2v) is 6.03. The number of nitrogens with two attached hydrogens (primary N) is 1. The molecule has 0 aromatic heterocycles. The van der Waals surface area contributed by atoms with Gasteiger partial charge in [0.25, 0.3) is 5.91 Å². The molecule has 4 nitrogen and oxygen atoms in total. The quantitative estimate of drug-likeness (QED) is 0.910. The molecular weight excluding hydrogens is 319 g/mol. The Kier molecular flexibility index (Phi) is 5.46. The van der Waals surface area contributed by atoms with Crippen molar-refractivity contribution in [1.29, 1.82) is 0 Å². The van der Waals surface area contributed by atoms with Crippen LogP contribution in [0.4, 0.5) is 4.39 Å². The topological polar surface area (TPSA) is 55.6 Å². The average molecular weight is 340 g/mol. The molecule has 2 aromatic rings. The van der Waals surface area contributed by atoms with E-state index in [0.717, 1.165) is 13.0 Å². The van der Waals surface area contributed by atoms with Gasteiger partial charge in [0.05, 0.1) is 6.33 Å². The lowest BCUT2D eigenvalue weighted by molar-refractivity contribution is 0.0734. The molecule has 3 rings (SSSR count). The van der Waals surface area contributed by atoms with Crippen molar-refractivity contribution < 1.29 is 13.9 Å². The van der Waals surface area contributed by atoms with Gasteiger partial charge in [-0.15, -0.1) is 0 Å². The summed E-state index contributed by atoms with van der Waals surface area (Å²) in [4.78, 5) is 14.5. The van der Waals surface area contributed by atoms with Crippen LogP contribution in [0.25, 0.3) is 0 Å². The van der Waals surface area contributed by atoms with Crippen LogP contribution in [-0.2, 0) is 13.0 Å². The number of carbonyl (C=O) groups excluding carboxylic acids is 1. The molecule has 0 bridgehead atoms. The fourth-order valence-electron chi connectivity index (χ4n) is 2.86. The summed E-state index contributed by atoms with van der Waals surface area (Å²) in [5, 5.41) is 0. The number of halogens is 1. The van der Waals surface area contributed by atoms with Crippen LogP contribution in [0, 0.1) is 0 Å². The summed E-state index contributed by atoms with van der Waals surface area (Å²) in [6.45, 7) is 1.57. The van der Waals surface area contributed by atoms with Crippen molar-refractivity contribution in [2.24, 2.45) is 5.73 Å². The fraction of sp³-hybridized carbons (Fsp3) is 0.250. The molecule has 0 unspecified atom stereocenters. The van der Waals surface area contributed by atoms with E-state index in [1.54, 1.807) is 24.3 Å². The van der Waals surface area contributed by atoms with Gasteiger partial charge >= 0.3 is 0 Å². The van der Waals surface area contributed by atoms with Gasteiger partial charge in [-0.1, -0.05) is 24.3 Å². The van der Waals surface area contributed by atoms with Crippen LogP contribution in [-0.4, -0.2) is 30.5 Å². The maximum atomic E-state index is 12.7. The SMILES string of the molecule is NC/C(=C/F)COc1ccc(C(=O)N2CCc3ccccc3C2)cc1. The molecule has 0 atom stereocenters. The van der Waals surface area contributed by atoms with Crippen LogP contribution < -0.4 is 10.5 Å². The normalized spacial score (nSPS) is 14.2. The van der Waals surface area contributed by atoms with Crippen molar-refractivity contribution in [3.8, 4) is 5.75 Å². The van der Waals surface area contributed by atoms with Gasteiger partial charge in [0, 0.05) is 30.8 Å². The molecule has 1 aliphatic heterocycles. The second kappa shape index (κ2) is 7.94. The number of rotatable bonds is 5. The second-order valence-electron chi connectivity index (χ2n) is 6.03. The maximum Gasteiger partial charge on any atom is 0.254 e. The van der Waals surface area contributed by atoms with Crippen LogP contribution in [0.5, 0.6) is 5.75 Å². The summed E-state index contributed by atoms with van der Waals surface area (Å²) in [5.41, 5.74) is 8.90.